The molecule has 0 spiro atoms. The second-order valence-electron chi connectivity index (χ2n) is 7.07. The van der Waals surface area contributed by atoms with Crippen LogP contribution in [0, 0.1) is 0 Å². The fraction of sp³-hybridized carbons (Fsp3) is 0.900. The molecule has 0 aromatic heterocycles. The Labute approximate surface area is 149 Å². The normalized spacial score (nSPS) is 12.0. The van der Waals surface area contributed by atoms with Crippen molar-refractivity contribution in [2.45, 2.75) is 103 Å². The van der Waals surface area contributed by atoms with Gasteiger partial charge in [0.1, 0.15) is 6.04 Å². The van der Waals surface area contributed by atoms with E-state index >= 15 is 0 Å². The number of carbonyl (C=O) groups is 2. The highest BCUT2D eigenvalue weighted by Gasteiger charge is 2.21. The molecule has 0 saturated carbocycles. The smallest absolute Gasteiger partial charge is 0.244 e. The van der Waals surface area contributed by atoms with Gasteiger partial charge in [-0.3, -0.25) is 9.59 Å². The van der Waals surface area contributed by atoms with Crippen molar-refractivity contribution in [3.05, 3.63) is 0 Å². The Morgan fingerprint density at radius 1 is 0.792 bits per heavy atom. The summed E-state index contributed by atoms with van der Waals surface area (Å²) in [5, 5.41) is 2.96. The van der Waals surface area contributed by atoms with Crippen molar-refractivity contribution in [3.63, 3.8) is 0 Å². The first kappa shape index (κ1) is 22.9. The molecule has 1 N–H and O–H groups in total. The first-order valence-corrected chi connectivity index (χ1v) is 10.0. The average Bonchev–Trinajstić information content (AvgIpc) is 2.55. The minimum Gasteiger partial charge on any atom is -0.347 e. The topological polar surface area (TPSA) is 49.4 Å². The van der Waals surface area contributed by atoms with Gasteiger partial charge in [0.25, 0.3) is 0 Å². The number of nitrogens with one attached hydrogen (secondary N) is 1. The Morgan fingerprint density at radius 2 is 1.29 bits per heavy atom. The highest BCUT2D eigenvalue weighted by Crippen LogP contribution is 2.11. The summed E-state index contributed by atoms with van der Waals surface area (Å²) in [6, 6.07) is -0.352. The summed E-state index contributed by atoms with van der Waals surface area (Å²) in [4.78, 5) is 26.0. The zero-order valence-electron chi connectivity index (χ0n) is 16.5. The quantitative estimate of drug-likeness (QED) is 0.440. The summed E-state index contributed by atoms with van der Waals surface area (Å²) in [7, 11) is 3.51. The first-order chi connectivity index (χ1) is 11.5. The number of carbonyl (C=O) groups excluding carboxylic acids is 2. The molecule has 1 unspecified atom stereocenters. The number of unbranched alkanes of at least 4 members (excludes halogenated alkanes) is 9. The minimum atomic E-state index is -0.352. The van der Waals surface area contributed by atoms with Crippen molar-refractivity contribution >= 4 is 11.8 Å². The molecule has 2 amide bonds. The predicted molar refractivity (Wildman–Crippen MR) is 102 cm³/mol. The number of hydrogen-bond donors (Lipinski definition) is 1. The van der Waals surface area contributed by atoms with Crippen LogP contribution in [-0.4, -0.2) is 36.9 Å². The van der Waals surface area contributed by atoms with E-state index in [9.17, 15) is 9.59 Å². The van der Waals surface area contributed by atoms with E-state index in [1.54, 1.807) is 19.0 Å². The van der Waals surface area contributed by atoms with Crippen LogP contribution >= 0.6 is 0 Å². The lowest BCUT2D eigenvalue weighted by Crippen LogP contribution is -2.46. The molecule has 0 radical (unpaired) electrons. The van der Waals surface area contributed by atoms with Crippen molar-refractivity contribution in [1.29, 1.82) is 0 Å². The summed E-state index contributed by atoms with van der Waals surface area (Å²) >= 11 is 0. The summed E-state index contributed by atoms with van der Waals surface area (Å²) in [5.41, 5.74) is 0. The van der Waals surface area contributed by atoms with E-state index in [1.807, 2.05) is 0 Å². The molecule has 1 atom stereocenters. The second-order valence-corrected chi connectivity index (χ2v) is 7.07. The number of likely N-dealkylation sites (N-methyl/N-ethyl adjacent to an activating group) is 1. The third-order valence-electron chi connectivity index (χ3n) is 4.43. The maximum atomic E-state index is 12.3. The van der Waals surface area contributed by atoms with Gasteiger partial charge in [0, 0.05) is 20.5 Å². The average molecular weight is 341 g/mol. The van der Waals surface area contributed by atoms with E-state index in [0.717, 1.165) is 32.1 Å². The monoisotopic (exact) mass is 340 g/mol. The van der Waals surface area contributed by atoms with Crippen molar-refractivity contribution in [3.8, 4) is 0 Å². The molecular weight excluding hydrogens is 300 g/mol. The largest absolute Gasteiger partial charge is 0.347 e. The van der Waals surface area contributed by atoms with Gasteiger partial charge in [-0.1, -0.05) is 78.1 Å². The SMILES string of the molecule is CCCCCCCCC(NC(=O)CCCCCCC)C(=O)N(C)C. The van der Waals surface area contributed by atoms with E-state index in [-0.39, 0.29) is 17.9 Å². The van der Waals surface area contributed by atoms with Crippen LogP contribution in [0.5, 0.6) is 0 Å². The Bertz CT molecular complexity index is 330. The van der Waals surface area contributed by atoms with Crippen LogP contribution in [0.15, 0.2) is 0 Å². The molecule has 4 nitrogen and oxygen atoms in total. The van der Waals surface area contributed by atoms with Gasteiger partial charge in [-0.2, -0.15) is 0 Å². The Hall–Kier alpha value is -1.06. The number of rotatable bonds is 15. The summed E-state index contributed by atoms with van der Waals surface area (Å²) in [5.74, 6) is 0.0422. The molecule has 0 aliphatic rings. The molecule has 24 heavy (non-hydrogen) atoms. The van der Waals surface area contributed by atoms with Gasteiger partial charge < -0.3 is 10.2 Å². The van der Waals surface area contributed by atoms with Gasteiger partial charge in [0.2, 0.25) is 11.8 Å². The maximum absolute atomic E-state index is 12.3. The fourth-order valence-electron chi connectivity index (χ4n) is 2.85. The van der Waals surface area contributed by atoms with Gasteiger partial charge in [0.15, 0.2) is 0 Å². The lowest BCUT2D eigenvalue weighted by Gasteiger charge is -2.22. The van der Waals surface area contributed by atoms with E-state index in [1.165, 1.54) is 44.9 Å². The maximum Gasteiger partial charge on any atom is 0.244 e. The molecule has 4 heteroatoms. The predicted octanol–water partition coefficient (Wildman–Crippen LogP) is 4.67. The Morgan fingerprint density at radius 3 is 1.83 bits per heavy atom. The summed E-state index contributed by atoms with van der Waals surface area (Å²) in [6.07, 6.45) is 14.1. The van der Waals surface area contributed by atoms with E-state index < -0.39 is 0 Å². The van der Waals surface area contributed by atoms with E-state index in [0.29, 0.717) is 6.42 Å². The number of hydrogen-bond acceptors (Lipinski definition) is 2. The molecule has 0 aliphatic carbocycles. The molecule has 0 fully saturated rings. The van der Waals surface area contributed by atoms with Gasteiger partial charge in [-0.15, -0.1) is 0 Å². The van der Waals surface area contributed by atoms with Crippen LogP contribution in [0.1, 0.15) is 97.3 Å². The lowest BCUT2D eigenvalue weighted by molar-refractivity contribution is -0.134. The lowest BCUT2D eigenvalue weighted by atomic mass is 10.0. The van der Waals surface area contributed by atoms with Crippen LogP contribution < -0.4 is 5.32 Å². The van der Waals surface area contributed by atoms with E-state index in [2.05, 4.69) is 19.2 Å². The molecule has 0 bridgehead atoms. The molecule has 0 aromatic rings. The zero-order chi connectivity index (χ0) is 18.2. The Kier molecular flexibility index (Phi) is 14.8. The summed E-state index contributed by atoms with van der Waals surface area (Å²) < 4.78 is 0. The fourth-order valence-corrected chi connectivity index (χ4v) is 2.85. The van der Waals surface area contributed by atoms with Gasteiger partial charge in [-0.25, -0.2) is 0 Å². The highest BCUT2D eigenvalue weighted by molar-refractivity contribution is 5.87. The minimum absolute atomic E-state index is 0.0166. The molecule has 0 aliphatic heterocycles. The molecule has 0 aromatic carbocycles. The molecule has 0 heterocycles. The van der Waals surface area contributed by atoms with Crippen LogP contribution in [0.25, 0.3) is 0 Å². The van der Waals surface area contributed by atoms with Gasteiger partial charge >= 0.3 is 0 Å². The van der Waals surface area contributed by atoms with Crippen LogP contribution in [0.3, 0.4) is 0 Å². The number of nitrogens with zero attached hydrogens (tertiary/aromatic N) is 1. The third kappa shape index (κ3) is 12.4. The van der Waals surface area contributed by atoms with Crippen LogP contribution in [0.4, 0.5) is 0 Å². The second kappa shape index (κ2) is 15.5. The first-order valence-electron chi connectivity index (χ1n) is 10.0. The van der Waals surface area contributed by atoms with Crippen LogP contribution in [0.2, 0.25) is 0 Å². The molecule has 0 saturated heterocycles. The van der Waals surface area contributed by atoms with Gasteiger partial charge in [0.05, 0.1) is 0 Å². The van der Waals surface area contributed by atoms with Gasteiger partial charge in [-0.05, 0) is 12.8 Å². The standard InChI is InChI=1S/C20H40N2O2/c1-5-7-9-11-13-14-16-18(20(24)22(3)4)21-19(23)17-15-12-10-8-6-2/h18H,5-17H2,1-4H3,(H,21,23). The third-order valence-corrected chi connectivity index (χ3v) is 4.43. The highest BCUT2D eigenvalue weighted by atomic mass is 16.2. The zero-order valence-corrected chi connectivity index (χ0v) is 16.5. The molecular formula is C20H40N2O2. The Balaban J connectivity index is 4.11. The molecule has 142 valence electrons. The van der Waals surface area contributed by atoms with Crippen LogP contribution in [-0.2, 0) is 9.59 Å². The van der Waals surface area contributed by atoms with Crippen molar-refractivity contribution in [1.82, 2.24) is 10.2 Å². The van der Waals surface area contributed by atoms with Crippen molar-refractivity contribution in [2.24, 2.45) is 0 Å². The van der Waals surface area contributed by atoms with Crippen molar-refractivity contribution < 1.29 is 9.59 Å². The summed E-state index contributed by atoms with van der Waals surface area (Å²) in [6.45, 7) is 4.40. The van der Waals surface area contributed by atoms with E-state index in [4.69, 9.17) is 0 Å². The molecule has 0 rings (SSSR count). The number of amides is 2. The van der Waals surface area contributed by atoms with Crippen molar-refractivity contribution in [2.75, 3.05) is 14.1 Å².